The Kier molecular flexibility index (Phi) is 2.87. The molecule has 70 valence electrons. The zero-order valence-corrected chi connectivity index (χ0v) is 6.97. The molecule has 1 aromatic carbocycles. The van der Waals surface area contributed by atoms with Crippen molar-refractivity contribution in [2.75, 3.05) is 0 Å². The van der Waals surface area contributed by atoms with Gasteiger partial charge in [-0.05, 0) is 24.1 Å². The van der Waals surface area contributed by atoms with Gasteiger partial charge in [0.05, 0.1) is 0 Å². The second-order valence-electron chi connectivity index (χ2n) is 2.82. The second kappa shape index (κ2) is 3.91. The molecule has 0 aromatic heterocycles. The number of hydrogen-bond acceptors (Lipinski definition) is 3. The van der Waals surface area contributed by atoms with E-state index in [1.807, 2.05) is 0 Å². The first-order valence-corrected chi connectivity index (χ1v) is 3.86. The summed E-state index contributed by atoms with van der Waals surface area (Å²) in [4.78, 5) is 10.4. The van der Waals surface area contributed by atoms with Crippen LogP contribution < -0.4 is 5.73 Å². The SMILES string of the molecule is N[C@@H](Cc1ccc([17OH])cc1)C(=O)O. The lowest BCUT2D eigenvalue weighted by Crippen LogP contribution is -2.32. The number of phenolic OH excluding ortho intramolecular Hbond substituents is 1. The summed E-state index contributed by atoms with van der Waals surface area (Å²) in [5.41, 5.74) is 6.12. The van der Waals surface area contributed by atoms with Crippen LogP contribution in [0.15, 0.2) is 24.3 Å². The fourth-order valence-corrected chi connectivity index (χ4v) is 0.973. The first-order chi connectivity index (χ1) is 6.09. The number of carboxylic acids is 1. The highest BCUT2D eigenvalue weighted by Gasteiger charge is 2.11. The van der Waals surface area contributed by atoms with Crippen molar-refractivity contribution in [3.05, 3.63) is 29.8 Å². The number of nitrogens with two attached hydrogens (primary N) is 1. The van der Waals surface area contributed by atoms with Crippen molar-refractivity contribution in [1.82, 2.24) is 0 Å². The zero-order chi connectivity index (χ0) is 9.84. The highest BCUT2D eigenvalue weighted by Crippen LogP contribution is 2.10. The summed E-state index contributed by atoms with van der Waals surface area (Å²) >= 11 is 0. The van der Waals surface area contributed by atoms with E-state index in [1.165, 1.54) is 12.1 Å². The topological polar surface area (TPSA) is 83.5 Å². The molecule has 4 nitrogen and oxygen atoms in total. The Labute approximate surface area is 75.6 Å². The largest absolute Gasteiger partial charge is 0.508 e. The molecule has 0 fully saturated rings. The highest BCUT2D eigenvalue weighted by molar-refractivity contribution is 5.73. The zero-order valence-electron chi connectivity index (χ0n) is 6.97. The molecule has 0 aliphatic heterocycles. The molecule has 1 rings (SSSR count). The predicted molar refractivity (Wildman–Crippen MR) is 47.4 cm³/mol. The standard InChI is InChI=1S/C9H11NO3/c10-8(9(12)13)5-6-1-3-7(11)4-2-6/h1-4,8,11H,5,10H2,(H,12,13)/t8-/m0/s1/i11+1. The molecule has 4 heteroatoms. The van der Waals surface area contributed by atoms with Crippen molar-refractivity contribution in [2.24, 2.45) is 5.73 Å². The minimum absolute atomic E-state index is 0.160. The smallest absolute Gasteiger partial charge is 0.320 e. The third-order valence-electron chi connectivity index (χ3n) is 1.71. The molecule has 0 aliphatic rings. The second-order valence-corrected chi connectivity index (χ2v) is 2.82. The lowest BCUT2D eigenvalue weighted by molar-refractivity contribution is -0.138. The quantitative estimate of drug-likeness (QED) is 0.629. The molecule has 4 N–H and O–H groups in total. The third-order valence-corrected chi connectivity index (χ3v) is 1.71. The lowest BCUT2D eigenvalue weighted by Gasteiger charge is -2.05. The van der Waals surface area contributed by atoms with Crippen LogP contribution in [-0.4, -0.2) is 22.2 Å². The molecule has 0 heterocycles. The van der Waals surface area contributed by atoms with Crippen molar-refractivity contribution < 1.29 is 15.0 Å². The van der Waals surface area contributed by atoms with E-state index in [0.717, 1.165) is 5.56 Å². The normalized spacial score (nSPS) is 12.4. The number of aromatic hydroxyl groups is 1. The van der Waals surface area contributed by atoms with Gasteiger partial charge in [0.15, 0.2) is 0 Å². The molecule has 0 saturated heterocycles. The van der Waals surface area contributed by atoms with Gasteiger partial charge in [-0.15, -0.1) is 0 Å². The summed E-state index contributed by atoms with van der Waals surface area (Å²) in [5.74, 6) is -0.860. The molecule has 0 saturated carbocycles. The lowest BCUT2D eigenvalue weighted by atomic mass is 10.1. The van der Waals surface area contributed by atoms with Crippen LogP contribution in [0.1, 0.15) is 5.56 Å². The first kappa shape index (κ1) is 9.54. The molecular formula is C9H11NO3. The fraction of sp³-hybridized carbons (Fsp3) is 0.222. The van der Waals surface area contributed by atoms with Gasteiger partial charge in [-0.1, -0.05) is 12.1 Å². The maximum Gasteiger partial charge on any atom is 0.320 e. The van der Waals surface area contributed by atoms with Crippen molar-refractivity contribution in [1.29, 1.82) is 0 Å². The average Bonchev–Trinajstić information content (AvgIpc) is 2.08. The van der Waals surface area contributed by atoms with Gasteiger partial charge in [0.25, 0.3) is 0 Å². The number of carboxylic acid groups (broad SMARTS) is 1. The monoisotopic (exact) mass is 182 g/mol. The molecule has 13 heavy (non-hydrogen) atoms. The molecule has 0 spiro atoms. The van der Waals surface area contributed by atoms with Crippen LogP contribution in [-0.2, 0) is 11.2 Å². The Bertz CT molecular complexity index is 294. The summed E-state index contributed by atoms with van der Waals surface area (Å²) in [6.07, 6.45) is 0.273. The molecule has 0 bridgehead atoms. The highest BCUT2D eigenvalue weighted by atomic mass is 17.2. The average molecular weight is 182 g/mol. The van der Waals surface area contributed by atoms with Gasteiger partial charge in [0, 0.05) is 0 Å². The Morgan fingerprint density at radius 1 is 1.46 bits per heavy atom. The summed E-state index contributed by atoms with van der Waals surface area (Å²) in [5, 5.41) is 17.5. The molecule has 0 unspecified atom stereocenters. The number of hydrogen-bond donors (Lipinski definition) is 3. The maximum atomic E-state index is 10.4. The minimum Gasteiger partial charge on any atom is -0.508 e. The molecule has 1 atom stereocenters. The number of rotatable bonds is 3. The van der Waals surface area contributed by atoms with Crippen LogP contribution in [0.5, 0.6) is 5.75 Å². The molecule has 0 aliphatic carbocycles. The Hall–Kier alpha value is -1.55. The van der Waals surface area contributed by atoms with E-state index in [2.05, 4.69) is 0 Å². The van der Waals surface area contributed by atoms with Crippen LogP contribution in [0, 0.1) is 0 Å². The maximum absolute atomic E-state index is 10.4. The summed E-state index contributed by atoms with van der Waals surface area (Å²) in [7, 11) is 0. The minimum atomic E-state index is -1.02. The predicted octanol–water partition coefficient (Wildman–Crippen LogP) is 0.347. The first-order valence-electron chi connectivity index (χ1n) is 3.86. The van der Waals surface area contributed by atoms with Gasteiger partial charge >= 0.3 is 5.97 Å². The molecular weight excluding hydrogens is 171 g/mol. The summed E-state index contributed by atoms with van der Waals surface area (Å²) in [6, 6.07) is 5.42. The van der Waals surface area contributed by atoms with Crippen LogP contribution in [0.4, 0.5) is 0 Å². The van der Waals surface area contributed by atoms with Gasteiger partial charge < -0.3 is 15.9 Å². The Balaban J connectivity index is 2.64. The van der Waals surface area contributed by atoms with Crippen molar-refractivity contribution in [3.8, 4) is 5.75 Å². The number of carbonyl (C=O) groups is 1. The fourth-order valence-electron chi connectivity index (χ4n) is 0.973. The van der Waals surface area contributed by atoms with Gasteiger partial charge in [-0.2, -0.15) is 0 Å². The summed E-state index contributed by atoms with van der Waals surface area (Å²) in [6.45, 7) is 0. The van der Waals surface area contributed by atoms with Crippen LogP contribution >= 0.6 is 0 Å². The van der Waals surface area contributed by atoms with Gasteiger partial charge in [-0.25, -0.2) is 0 Å². The van der Waals surface area contributed by atoms with Crippen LogP contribution in [0.25, 0.3) is 0 Å². The molecule has 0 amide bonds. The van der Waals surface area contributed by atoms with Crippen molar-refractivity contribution in [3.63, 3.8) is 0 Å². The van der Waals surface area contributed by atoms with E-state index in [1.54, 1.807) is 12.1 Å². The van der Waals surface area contributed by atoms with E-state index < -0.39 is 12.0 Å². The van der Waals surface area contributed by atoms with E-state index >= 15 is 0 Å². The van der Waals surface area contributed by atoms with E-state index in [-0.39, 0.29) is 12.2 Å². The van der Waals surface area contributed by atoms with Crippen molar-refractivity contribution >= 4 is 5.97 Å². The van der Waals surface area contributed by atoms with Crippen LogP contribution in [0.2, 0.25) is 0 Å². The number of aliphatic carboxylic acids is 1. The van der Waals surface area contributed by atoms with Crippen molar-refractivity contribution in [2.45, 2.75) is 12.5 Å². The van der Waals surface area contributed by atoms with E-state index in [4.69, 9.17) is 15.9 Å². The molecule has 0 radical (unpaired) electrons. The number of benzene rings is 1. The van der Waals surface area contributed by atoms with Gasteiger partial charge in [0.1, 0.15) is 11.8 Å². The third kappa shape index (κ3) is 2.76. The van der Waals surface area contributed by atoms with Gasteiger partial charge in [-0.3, -0.25) is 4.79 Å². The van der Waals surface area contributed by atoms with E-state index in [9.17, 15) is 4.79 Å². The van der Waals surface area contributed by atoms with Gasteiger partial charge in [0.2, 0.25) is 0 Å². The summed E-state index contributed by atoms with van der Waals surface area (Å²) < 4.78 is 0. The Morgan fingerprint density at radius 2 is 2.00 bits per heavy atom. The Morgan fingerprint density at radius 3 is 2.46 bits per heavy atom. The molecule has 1 aromatic rings. The van der Waals surface area contributed by atoms with Crippen LogP contribution in [0.3, 0.4) is 0 Å². The van der Waals surface area contributed by atoms with E-state index in [0.29, 0.717) is 0 Å². The number of phenols is 1.